The summed E-state index contributed by atoms with van der Waals surface area (Å²) in [4.78, 5) is 13.1. The number of rotatable bonds is 8. The number of halogens is 1. The Morgan fingerprint density at radius 1 is 1.00 bits per heavy atom. The van der Waals surface area contributed by atoms with Gasteiger partial charge in [0, 0.05) is 23.6 Å². The molecule has 1 N–H and O–H groups in total. The number of hydrogen-bond acceptors (Lipinski definition) is 3. The van der Waals surface area contributed by atoms with Gasteiger partial charge < -0.3 is 14.7 Å². The Morgan fingerprint density at radius 3 is 2.32 bits per heavy atom. The first-order valence-corrected chi connectivity index (χ1v) is 9.78. The number of carbonyl (C=O) groups is 1. The third kappa shape index (κ3) is 5.44. The Bertz CT molecular complexity index is 913. The molecular formula is C23H22BrNO3. The minimum Gasteiger partial charge on any atom is -0.478 e. The fraction of sp³-hybridized carbons (Fsp3) is 0.174. The molecular weight excluding hydrogens is 418 g/mol. The molecule has 3 aromatic rings. The van der Waals surface area contributed by atoms with E-state index in [1.165, 1.54) is 0 Å². The van der Waals surface area contributed by atoms with Gasteiger partial charge in [-0.25, -0.2) is 4.79 Å². The second-order valence-electron chi connectivity index (χ2n) is 6.55. The number of ether oxygens (including phenoxy) is 1. The maximum absolute atomic E-state index is 11.1. The lowest BCUT2D eigenvalue weighted by Crippen LogP contribution is -2.36. The van der Waals surface area contributed by atoms with Crippen LogP contribution in [-0.4, -0.2) is 24.4 Å². The van der Waals surface area contributed by atoms with Gasteiger partial charge >= 0.3 is 5.97 Å². The monoisotopic (exact) mass is 439 g/mol. The third-order valence-corrected chi connectivity index (χ3v) is 5.03. The number of anilines is 1. The minimum absolute atomic E-state index is 0.204. The average molecular weight is 440 g/mol. The minimum atomic E-state index is -0.930. The number of carboxylic acid groups (broad SMARTS) is 1. The molecule has 0 saturated heterocycles. The highest BCUT2D eigenvalue weighted by molar-refractivity contribution is 9.10. The Kier molecular flexibility index (Phi) is 6.85. The van der Waals surface area contributed by atoms with Gasteiger partial charge in [-0.2, -0.15) is 0 Å². The van der Waals surface area contributed by atoms with Crippen molar-refractivity contribution in [1.82, 2.24) is 0 Å². The first-order chi connectivity index (χ1) is 13.5. The first-order valence-electron chi connectivity index (χ1n) is 8.99. The summed E-state index contributed by atoms with van der Waals surface area (Å²) in [6.07, 6.45) is 0.494. The van der Waals surface area contributed by atoms with E-state index in [0.29, 0.717) is 13.0 Å². The molecule has 144 valence electrons. The molecule has 0 saturated carbocycles. The van der Waals surface area contributed by atoms with Crippen LogP contribution in [0.25, 0.3) is 0 Å². The third-order valence-electron chi connectivity index (χ3n) is 4.54. The zero-order valence-corrected chi connectivity index (χ0v) is 17.2. The molecule has 0 bridgehead atoms. The number of carboxylic acids is 1. The topological polar surface area (TPSA) is 49.8 Å². The van der Waals surface area contributed by atoms with Crippen molar-refractivity contribution in [3.63, 3.8) is 0 Å². The molecule has 0 amide bonds. The Hall–Kier alpha value is -2.63. The zero-order chi connectivity index (χ0) is 19.9. The van der Waals surface area contributed by atoms with Crippen molar-refractivity contribution < 1.29 is 14.6 Å². The van der Waals surface area contributed by atoms with Gasteiger partial charge in [0.1, 0.15) is 6.23 Å². The number of nitrogens with zero attached hydrogens (tertiary/aromatic N) is 1. The molecule has 0 aromatic heterocycles. The second kappa shape index (κ2) is 9.53. The number of hydrogen-bond donors (Lipinski definition) is 1. The van der Waals surface area contributed by atoms with E-state index < -0.39 is 5.97 Å². The summed E-state index contributed by atoms with van der Waals surface area (Å²) >= 11 is 3.52. The summed E-state index contributed by atoms with van der Waals surface area (Å²) in [6.45, 7) is 0.497. The van der Waals surface area contributed by atoms with E-state index in [-0.39, 0.29) is 11.8 Å². The largest absolute Gasteiger partial charge is 0.478 e. The molecule has 0 radical (unpaired) electrons. The lowest BCUT2D eigenvalue weighted by Gasteiger charge is -2.30. The van der Waals surface area contributed by atoms with Crippen molar-refractivity contribution in [3.8, 4) is 0 Å². The highest BCUT2D eigenvalue weighted by Crippen LogP contribution is 2.22. The highest BCUT2D eigenvalue weighted by atomic mass is 79.9. The fourth-order valence-electron chi connectivity index (χ4n) is 2.95. The van der Waals surface area contributed by atoms with Gasteiger partial charge in [-0.05, 0) is 47.5 Å². The number of aromatic carboxylic acids is 1. The van der Waals surface area contributed by atoms with Crippen LogP contribution in [0.5, 0.6) is 0 Å². The quantitative estimate of drug-likeness (QED) is 0.479. The standard InChI is InChI=1S/C23H22BrNO3/c1-25(21-12-10-19(11-13-21)23(26)27)22(15-18-8-5-9-20(24)14-18)28-16-17-6-3-2-4-7-17/h2-14,22H,15-16H2,1H3,(H,26,27). The van der Waals surface area contributed by atoms with Crippen molar-refractivity contribution in [2.45, 2.75) is 19.3 Å². The average Bonchev–Trinajstić information content (AvgIpc) is 2.71. The SMILES string of the molecule is CN(c1ccc(C(=O)O)cc1)C(Cc1cccc(Br)c1)OCc1ccccc1. The van der Waals surface area contributed by atoms with Gasteiger partial charge in [0.25, 0.3) is 0 Å². The van der Waals surface area contributed by atoms with Crippen LogP contribution >= 0.6 is 15.9 Å². The summed E-state index contributed by atoms with van der Waals surface area (Å²) in [5.74, 6) is -0.930. The zero-order valence-electron chi connectivity index (χ0n) is 15.6. The van der Waals surface area contributed by atoms with Crippen molar-refractivity contribution in [3.05, 3.63) is 100 Å². The van der Waals surface area contributed by atoms with Crippen LogP contribution in [-0.2, 0) is 17.8 Å². The normalized spacial score (nSPS) is 11.8. The first kappa shape index (κ1) is 20.1. The fourth-order valence-corrected chi connectivity index (χ4v) is 3.39. The van der Waals surface area contributed by atoms with E-state index in [2.05, 4.69) is 28.1 Å². The van der Waals surface area contributed by atoms with Gasteiger partial charge in [0.2, 0.25) is 0 Å². The van der Waals surface area contributed by atoms with Crippen molar-refractivity contribution in [2.75, 3.05) is 11.9 Å². The van der Waals surface area contributed by atoms with Crippen molar-refractivity contribution >= 4 is 27.6 Å². The molecule has 0 heterocycles. The Morgan fingerprint density at radius 2 is 1.68 bits per heavy atom. The van der Waals surface area contributed by atoms with Gasteiger partial charge in [0.15, 0.2) is 0 Å². The molecule has 0 aliphatic rings. The predicted octanol–water partition coefficient (Wildman–Crippen LogP) is 5.37. The maximum atomic E-state index is 11.1. The molecule has 1 atom stereocenters. The summed E-state index contributed by atoms with van der Waals surface area (Å²) in [5.41, 5.74) is 3.43. The number of benzene rings is 3. The van der Waals surface area contributed by atoms with Crippen molar-refractivity contribution in [1.29, 1.82) is 0 Å². The molecule has 0 spiro atoms. The molecule has 0 fully saturated rings. The van der Waals surface area contributed by atoms with E-state index in [9.17, 15) is 4.79 Å². The van der Waals surface area contributed by atoms with Gasteiger partial charge in [-0.15, -0.1) is 0 Å². The van der Waals surface area contributed by atoms with Crippen molar-refractivity contribution in [2.24, 2.45) is 0 Å². The van der Waals surface area contributed by atoms with Crippen LogP contribution < -0.4 is 4.90 Å². The highest BCUT2D eigenvalue weighted by Gasteiger charge is 2.18. The van der Waals surface area contributed by atoms with Gasteiger partial charge in [-0.1, -0.05) is 58.4 Å². The molecule has 0 aliphatic heterocycles. The molecule has 3 aromatic carbocycles. The smallest absolute Gasteiger partial charge is 0.335 e. The van der Waals surface area contributed by atoms with Gasteiger partial charge in [0.05, 0.1) is 12.2 Å². The summed E-state index contributed by atoms with van der Waals surface area (Å²) in [7, 11) is 1.96. The van der Waals surface area contributed by atoms with Crippen LogP contribution in [0.3, 0.4) is 0 Å². The molecule has 5 heteroatoms. The predicted molar refractivity (Wildman–Crippen MR) is 115 cm³/mol. The Balaban J connectivity index is 1.80. The number of likely N-dealkylation sites (N-methyl/N-ethyl adjacent to an activating group) is 1. The van der Waals surface area contributed by atoms with E-state index in [0.717, 1.165) is 21.3 Å². The van der Waals surface area contributed by atoms with E-state index in [4.69, 9.17) is 9.84 Å². The van der Waals surface area contributed by atoms with E-state index in [1.807, 2.05) is 66.5 Å². The molecule has 1 unspecified atom stereocenters. The molecule has 0 aliphatic carbocycles. The lowest BCUT2D eigenvalue weighted by atomic mass is 10.1. The summed E-state index contributed by atoms with van der Waals surface area (Å²) < 4.78 is 7.29. The Labute approximate surface area is 173 Å². The molecule has 4 nitrogen and oxygen atoms in total. The molecule has 28 heavy (non-hydrogen) atoms. The summed E-state index contributed by atoms with van der Waals surface area (Å²) in [6, 6.07) is 25.1. The van der Waals surface area contributed by atoms with Crippen LogP contribution in [0.2, 0.25) is 0 Å². The van der Waals surface area contributed by atoms with E-state index in [1.54, 1.807) is 12.1 Å². The maximum Gasteiger partial charge on any atom is 0.335 e. The van der Waals surface area contributed by atoms with Crippen LogP contribution in [0.1, 0.15) is 21.5 Å². The summed E-state index contributed by atoms with van der Waals surface area (Å²) in [5, 5.41) is 9.11. The van der Waals surface area contributed by atoms with Crippen LogP contribution in [0, 0.1) is 0 Å². The van der Waals surface area contributed by atoms with E-state index >= 15 is 0 Å². The van der Waals surface area contributed by atoms with Gasteiger partial charge in [-0.3, -0.25) is 0 Å². The second-order valence-corrected chi connectivity index (χ2v) is 7.46. The van der Waals surface area contributed by atoms with Crippen LogP contribution in [0.15, 0.2) is 83.3 Å². The van der Waals surface area contributed by atoms with Crippen LogP contribution in [0.4, 0.5) is 5.69 Å². The molecule has 3 rings (SSSR count). The lowest BCUT2D eigenvalue weighted by molar-refractivity contribution is 0.0417.